The summed E-state index contributed by atoms with van der Waals surface area (Å²) in [5, 5.41) is 5.59. The van der Waals surface area contributed by atoms with Crippen LogP contribution in [0.3, 0.4) is 0 Å². The number of hydrogen-bond donors (Lipinski definition) is 2. The largest absolute Gasteiger partial charge is 0.350 e. The first-order valence-electron chi connectivity index (χ1n) is 10.0. The zero-order chi connectivity index (χ0) is 23.0. The van der Waals surface area contributed by atoms with Crippen molar-refractivity contribution in [1.82, 2.24) is 5.32 Å². The average Bonchev–Trinajstić information content (AvgIpc) is 2.71. The highest BCUT2D eigenvalue weighted by Gasteiger charge is 2.18. The Kier molecular flexibility index (Phi) is 8.56. The molecule has 31 heavy (non-hydrogen) atoms. The first-order valence-corrected chi connectivity index (χ1v) is 11.9. The lowest BCUT2D eigenvalue weighted by Gasteiger charge is -2.22. The standard InChI is InChI=1S/C22H28FN3O4S/c1-4-16(2)24-22(28)19-8-5-6-9-20(19)25-21(27)10-7-15-26(31(3,29)30)18-13-11-17(23)12-14-18/h5-6,8-9,11-14,16H,4,7,10,15H2,1-3H3,(H,24,28)(H,25,27)/t16-/m1/s1. The Hall–Kier alpha value is -2.94. The van der Waals surface area contributed by atoms with Crippen LogP contribution in [0.5, 0.6) is 0 Å². The van der Waals surface area contributed by atoms with Crippen LogP contribution in [-0.2, 0) is 14.8 Å². The van der Waals surface area contributed by atoms with E-state index < -0.39 is 15.8 Å². The van der Waals surface area contributed by atoms with Gasteiger partial charge in [-0.2, -0.15) is 0 Å². The summed E-state index contributed by atoms with van der Waals surface area (Å²) < 4.78 is 38.5. The smallest absolute Gasteiger partial charge is 0.253 e. The van der Waals surface area contributed by atoms with Crippen LogP contribution >= 0.6 is 0 Å². The number of nitrogens with one attached hydrogen (secondary N) is 2. The number of anilines is 2. The molecule has 2 N–H and O–H groups in total. The van der Waals surface area contributed by atoms with Gasteiger partial charge in [-0.15, -0.1) is 0 Å². The first kappa shape index (κ1) is 24.3. The second-order valence-electron chi connectivity index (χ2n) is 7.29. The molecule has 0 heterocycles. The lowest BCUT2D eigenvalue weighted by Crippen LogP contribution is -2.33. The fourth-order valence-electron chi connectivity index (χ4n) is 2.88. The van der Waals surface area contributed by atoms with Crippen molar-refractivity contribution in [3.63, 3.8) is 0 Å². The molecule has 2 rings (SSSR count). The summed E-state index contributed by atoms with van der Waals surface area (Å²) in [5.74, 6) is -1.08. The van der Waals surface area contributed by atoms with Crippen LogP contribution in [0.1, 0.15) is 43.5 Å². The van der Waals surface area contributed by atoms with Gasteiger partial charge in [0.25, 0.3) is 5.91 Å². The second kappa shape index (κ2) is 10.9. The maximum Gasteiger partial charge on any atom is 0.253 e. The van der Waals surface area contributed by atoms with E-state index in [1.54, 1.807) is 24.3 Å². The Balaban J connectivity index is 2.00. The number of hydrogen-bond acceptors (Lipinski definition) is 4. The number of para-hydroxylation sites is 1. The summed E-state index contributed by atoms with van der Waals surface area (Å²) in [6.45, 7) is 3.92. The molecule has 0 aliphatic carbocycles. The van der Waals surface area contributed by atoms with Crippen molar-refractivity contribution in [2.75, 3.05) is 22.4 Å². The predicted molar refractivity (Wildman–Crippen MR) is 120 cm³/mol. The van der Waals surface area contributed by atoms with Gasteiger partial charge in [0.15, 0.2) is 0 Å². The van der Waals surface area contributed by atoms with E-state index in [1.807, 2.05) is 13.8 Å². The van der Waals surface area contributed by atoms with Gasteiger partial charge in [0.1, 0.15) is 5.82 Å². The number of carbonyl (C=O) groups is 2. The quantitative estimate of drug-likeness (QED) is 0.580. The van der Waals surface area contributed by atoms with Gasteiger partial charge in [-0.05, 0) is 56.2 Å². The number of rotatable bonds is 10. The molecule has 0 unspecified atom stereocenters. The molecule has 168 valence electrons. The number of benzene rings is 2. The molecule has 2 amide bonds. The molecule has 0 spiro atoms. The van der Waals surface area contributed by atoms with Crippen LogP contribution in [0.4, 0.5) is 15.8 Å². The SMILES string of the molecule is CC[C@@H](C)NC(=O)c1ccccc1NC(=O)CCCN(c1ccc(F)cc1)S(C)(=O)=O. The summed E-state index contributed by atoms with van der Waals surface area (Å²) in [4.78, 5) is 24.9. The highest BCUT2D eigenvalue weighted by molar-refractivity contribution is 7.92. The summed E-state index contributed by atoms with van der Waals surface area (Å²) in [6.07, 6.45) is 2.14. The molecule has 0 radical (unpaired) electrons. The third-order valence-corrected chi connectivity index (χ3v) is 5.91. The molecule has 0 aromatic heterocycles. The lowest BCUT2D eigenvalue weighted by atomic mass is 10.1. The summed E-state index contributed by atoms with van der Waals surface area (Å²) in [7, 11) is -3.59. The normalized spacial score (nSPS) is 12.1. The van der Waals surface area contributed by atoms with Crippen LogP contribution < -0.4 is 14.9 Å². The predicted octanol–water partition coefficient (Wildman–Crippen LogP) is 3.54. The minimum Gasteiger partial charge on any atom is -0.350 e. The minimum atomic E-state index is -3.59. The molecule has 7 nitrogen and oxygen atoms in total. The van der Waals surface area contributed by atoms with Gasteiger partial charge in [0.2, 0.25) is 15.9 Å². The number of nitrogens with zero attached hydrogens (tertiary/aromatic N) is 1. The molecule has 2 aromatic rings. The Bertz CT molecular complexity index is 1010. The van der Waals surface area contributed by atoms with E-state index in [0.717, 1.165) is 17.0 Å². The van der Waals surface area contributed by atoms with Gasteiger partial charge in [-0.3, -0.25) is 13.9 Å². The van der Waals surface area contributed by atoms with Crippen molar-refractivity contribution in [3.8, 4) is 0 Å². The van der Waals surface area contributed by atoms with Gasteiger partial charge in [-0.25, -0.2) is 12.8 Å². The zero-order valence-electron chi connectivity index (χ0n) is 17.9. The highest BCUT2D eigenvalue weighted by Crippen LogP contribution is 2.19. The molecule has 1 atom stereocenters. The summed E-state index contributed by atoms with van der Waals surface area (Å²) >= 11 is 0. The molecule has 0 saturated carbocycles. The third-order valence-electron chi connectivity index (χ3n) is 4.72. The molecule has 0 saturated heterocycles. The summed E-state index contributed by atoms with van der Waals surface area (Å²) in [6, 6.07) is 11.8. The summed E-state index contributed by atoms with van der Waals surface area (Å²) in [5.41, 5.74) is 1.09. The van der Waals surface area contributed by atoms with E-state index in [9.17, 15) is 22.4 Å². The number of halogens is 1. The van der Waals surface area contributed by atoms with E-state index >= 15 is 0 Å². The third kappa shape index (κ3) is 7.36. The van der Waals surface area contributed by atoms with E-state index in [0.29, 0.717) is 16.9 Å². The lowest BCUT2D eigenvalue weighted by molar-refractivity contribution is -0.116. The minimum absolute atomic E-state index is 0.00435. The fourth-order valence-corrected chi connectivity index (χ4v) is 3.85. The van der Waals surface area contributed by atoms with Crippen molar-refractivity contribution >= 4 is 33.2 Å². The van der Waals surface area contributed by atoms with Gasteiger partial charge >= 0.3 is 0 Å². The van der Waals surface area contributed by atoms with Gasteiger partial charge < -0.3 is 10.6 Å². The van der Waals surface area contributed by atoms with Crippen LogP contribution in [0.15, 0.2) is 48.5 Å². The monoisotopic (exact) mass is 449 g/mol. The maximum atomic E-state index is 13.1. The molecular formula is C22H28FN3O4S. The van der Waals surface area contributed by atoms with E-state index in [1.165, 1.54) is 24.3 Å². The van der Waals surface area contributed by atoms with E-state index in [-0.39, 0.29) is 37.2 Å². The topological polar surface area (TPSA) is 95.6 Å². The molecule has 0 fully saturated rings. The van der Waals surface area contributed by atoms with Crippen molar-refractivity contribution < 1.29 is 22.4 Å². The zero-order valence-corrected chi connectivity index (χ0v) is 18.7. The Morgan fingerprint density at radius 2 is 1.74 bits per heavy atom. The van der Waals surface area contributed by atoms with Crippen LogP contribution in [0.2, 0.25) is 0 Å². The molecule has 0 aliphatic heterocycles. The number of sulfonamides is 1. The molecule has 0 bridgehead atoms. The van der Waals surface area contributed by atoms with Gasteiger partial charge in [0, 0.05) is 19.0 Å². The Morgan fingerprint density at radius 1 is 1.10 bits per heavy atom. The second-order valence-corrected chi connectivity index (χ2v) is 9.20. The van der Waals surface area contributed by atoms with Gasteiger partial charge in [0.05, 0.1) is 23.2 Å². The Morgan fingerprint density at radius 3 is 2.35 bits per heavy atom. The average molecular weight is 450 g/mol. The van der Waals surface area contributed by atoms with Crippen molar-refractivity contribution in [2.45, 2.75) is 39.2 Å². The number of carbonyl (C=O) groups excluding carboxylic acids is 2. The fraction of sp³-hybridized carbons (Fsp3) is 0.364. The van der Waals surface area contributed by atoms with Crippen molar-refractivity contribution in [3.05, 3.63) is 59.9 Å². The van der Waals surface area contributed by atoms with Crippen LogP contribution in [0, 0.1) is 5.82 Å². The van der Waals surface area contributed by atoms with Gasteiger partial charge in [-0.1, -0.05) is 19.1 Å². The van der Waals surface area contributed by atoms with Crippen molar-refractivity contribution in [2.24, 2.45) is 0 Å². The van der Waals surface area contributed by atoms with Crippen LogP contribution in [-0.4, -0.2) is 39.1 Å². The van der Waals surface area contributed by atoms with Crippen molar-refractivity contribution in [1.29, 1.82) is 0 Å². The van der Waals surface area contributed by atoms with E-state index in [2.05, 4.69) is 10.6 Å². The molecular weight excluding hydrogens is 421 g/mol. The highest BCUT2D eigenvalue weighted by atomic mass is 32.2. The maximum absolute atomic E-state index is 13.1. The molecule has 9 heteroatoms. The van der Waals surface area contributed by atoms with Crippen LogP contribution in [0.25, 0.3) is 0 Å². The number of amides is 2. The van der Waals surface area contributed by atoms with E-state index in [4.69, 9.17) is 0 Å². The molecule has 0 aliphatic rings. The molecule has 2 aromatic carbocycles. The first-order chi connectivity index (χ1) is 14.6. The Labute approximate surface area is 182 Å².